The van der Waals surface area contributed by atoms with Crippen molar-refractivity contribution in [1.82, 2.24) is 0 Å². The van der Waals surface area contributed by atoms with Gasteiger partial charge in [-0.2, -0.15) is 0 Å². The van der Waals surface area contributed by atoms with E-state index in [9.17, 15) is 4.57 Å². The molecule has 2 rings (SSSR count). The number of para-hydroxylation sites is 2. The van der Waals surface area contributed by atoms with Crippen molar-refractivity contribution in [2.75, 3.05) is 0 Å². The Hall–Kier alpha value is -1.02. The van der Waals surface area contributed by atoms with E-state index in [-0.39, 0.29) is 21.7 Å². The third kappa shape index (κ3) is 4.78. The largest absolute Gasteiger partial charge is 0.418 e. The third-order valence-electron chi connectivity index (χ3n) is 1.89. The van der Waals surface area contributed by atoms with Crippen molar-refractivity contribution in [3.63, 3.8) is 0 Å². The summed E-state index contributed by atoms with van der Waals surface area (Å²) in [6.07, 6.45) is 0. The Morgan fingerprint density at radius 1 is 0.706 bits per heavy atom. The van der Waals surface area contributed by atoms with Gasteiger partial charge in [-0.3, -0.25) is 0 Å². The first-order valence-corrected chi connectivity index (χ1v) is 6.07. The van der Waals surface area contributed by atoms with Gasteiger partial charge in [0.1, 0.15) is 11.5 Å². The second-order valence-electron chi connectivity index (χ2n) is 3.08. The van der Waals surface area contributed by atoms with Gasteiger partial charge in [-0.05, 0) is 24.3 Å². The monoisotopic (exact) mass is 282 g/mol. The summed E-state index contributed by atoms with van der Waals surface area (Å²) >= 11 is 0. The minimum absolute atomic E-state index is 0. The molecule has 0 aliphatic carbocycles. The molecule has 0 amide bonds. The van der Waals surface area contributed by atoms with Crippen LogP contribution in [0.5, 0.6) is 11.5 Å². The zero-order chi connectivity index (χ0) is 11.2. The molecule has 0 aliphatic rings. The quantitative estimate of drug-likeness (QED) is 0.635. The molecule has 0 aromatic heterocycles. The van der Waals surface area contributed by atoms with Gasteiger partial charge in [-0.25, -0.2) is 4.57 Å². The molecule has 86 valence electrons. The summed E-state index contributed by atoms with van der Waals surface area (Å²) in [7, 11) is -2.54. The molecule has 17 heavy (non-hydrogen) atoms. The molecule has 0 saturated carbocycles. The predicted molar refractivity (Wildman–Crippen MR) is 63.1 cm³/mol. The Morgan fingerprint density at radius 3 is 1.41 bits per heavy atom. The Labute approximate surface area is 116 Å². The van der Waals surface area contributed by atoms with Gasteiger partial charge in [0.25, 0.3) is 0 Å². The average Bonchev–Trinajstić information content (AvgIpc) is 2.31. The summed E-state index contributed by atoms with van der Waals surface area (Å²) in [6, 6.07) is 17.9. The van der Waals surface area contributed by atoms with Crippen molar-refractivity contribution < 1.29 is 35.3 Å². The van der Waals surface area contributed by atoms with Crippen molar-refractivity contribution in [2.45, 2.75) is 0 Å². The van der Waals surface area contributed by atoms with E-state index >= 15 is 0 Å². The van der Waals surface area contributed by atoms with Crippen LogP contribution in [0.4, 0.5) is 0 Å². The third-order valence-corrected chi connectivity index (χ3v) is 2.69. The predicted octanol–water partition coefficient (Wildman–Crippen LogP) is 3.53. The molecule has 5 heteroatoms. The second-order valence-corrected chi connectivity index (χ2v) is 3.99. The molecule has 2 aromatic rings. The molecule has 0 N–H and O–H groups in total. The molecular formula is C12H11O3PTi. The van der Waals surface area contributed by atoms with Crippen molar-refractivity contribution in [2.24, 2.45) is 0 Å². The van der Waals surface area contributed by atoms with Crippen LogP contribution >= 0.6 is 8.25 Å². The van der Waals surface area contributed by atoms with E-state index in [0.717, 1.165) is 0 Å². The molecule has 0 fully saturated rings. The summed E-state index contributed by atoms with van der Waals surface area (Å²) in [4.78, 5) is 0. The van der Waals surface area contributed by atoms with Crippen molar-refractivity contribution >= 4 is 8.25 Å². The summed E-state index contributed by atoms with van der Waals surface area (Å²) in [5.74, 6) is 1.09. The van der Waals surface area contributed by atoms with Gasteiger partial charge < -0.3 is 9.05 Å². The van der Waals surface area contributed by atoms with E-state index in [0.29, 0.717) is 11.5 Å². The van der Waals surface area contributed by atoms with E-state index in [1.165, 1.54) is 0 Å². The first-order chi connectivity index (χ1) is 7.84. The van der Waals surface area contributed by atoms with E-state index in [4.69, 9.17) is 9.05 Å². The van der Waals surface area contributed by atoms with E-state index < -0.39 is 8.25 Å². The zero-order valence-electron chi connectivity index (χ0n) is 9.00. The molecule has 2 aromatic carbocycles. The zero-order valence-corrected chi connectivity index (χ0v) is 11.6. The minimum atomic E-state index is -2.54. The van der Waals surface area contributed by atoms with E-state index in [1.54, 1.807) is 24.3 Å². The molecule has 3 nitrogen and oxygen atoms in total. The summed E-state index contributed by atoms with van der Waals surface area (Å²) in [6.45, 7) is 0. The van der Waals surface area contributed by atoms with Gasteiger partial charge in [0.15, 0.2) is 0 Å². The molecule has 0 heterocycles. The van der Waals surface area contributed by atoms with Gasteiger partial charge in [0.05, 0.1) is 0 Å². The molecule has 0 atom stereocenters. The van der Waals surface area contributed by atoms with Crippen LogP contribution in [0.25, 0.3) is 0 Å². The Balaban J connectivity index is 0.00000144. The van der Waals surface area contributed by atoms with Crippen molar-refractivity contribution in [3.05, 3.63) is 60.7 Å². The topological polar surface area (TPSA) is 35.5 Å². The number of hydrogen-bond acceptors (Lipinski definition) is 3. The van der Waals surface area contributed by atoms with Gasteiger partial charge in [-0.15, -0.1) is 0 Å². The van der Waals surface area contributed by atoms with Crippen LogP contribution in [-0.2, 0) is 26.3 Å². The van der Waals surface area contributed by atoms with Crippen LogP contribution in [0.2, 0.25) is 0 Å². The van der Waals surface area contributed by atoms with Crippen LogP contribution < -0.4 is 9.05 Å². The number of rotatable bonds is 4. The average molecular weight is 282 g/mol. The van der Waals surface area contributed by atoms with Crippen LogP contribution in [0.15, 0.2) is 60.7 Å². The Kier molecular flexibility index (Phi) is 6.06. The maximum atomic E-state index is 11.5. The Morgan fingerprint density at radius 2 is 1.06 bits per heavy atom. The minimum Gasteiger partial charge on any atom is -0.418 e. The van der Waals surface area contributed by atoms with Gasteiger partial charge in [-0.1, -0.05) is 36.4 Å². The van der Waals surface area contributed by atoms with Crippen molar-refractivity contribution in [3.8, 4) is 11.5 Å². The van der Waals surface area contributed by atoms with Crippen LogP contribution in [0.1, 0.15) is 0 Å². The molecular weight excluding hydrogens is 271 g/mol. The van der Waals surface area contributed by atoms with Crippen LogP contribution in [0.3, 0.4) is 0 Å². The molecule has 0 radical (unpaired) electrons. The summed E-state index contributed by atoms with van der Waals surface area (Å²) in [5, 5.41) is 0. The SMILES string of the molecule is O=[PH](Oc1ccccc1)Oc1ccccc1.[Ti]. The summed E-state index contributed by atoms with van der Waals surface area (Å²) < 4.78 is 21.8. The van der Waals surface area contributed by atoms with Gasteiger partial charge in [0.2, 0.25) is 0 Å². The van der Waals surface area contributed by atoms with Gasteiger partial charge in [0, 0.05) is 21.7 Å². The maximum Gasteiger partial charge on any atom is 0.418 e. The standard InChI is InChI=1S/C12H11O3P.Ti/c13-16(14-11-7-3-1-4-8-11)15-12-9-5-2-6-10-12;/h1-10,16H;. The maximum absolute atomic E-state index is 11.5. The Bertz CT molecular complexity index is 418. The van der Waals surface area contributed by atoms with Crippen molar-refractivity contribution in [1.29, 1.82) is 0 Å². The van der Waals surface area contributed by atoms with Crippen LogP contribution in [-0.4, -0.2) is 0 Å². The van der Waals surface area contributed by atoms with Crippen LogP contribution in [0, 0.1) is 0 Å². The molecule has 0 bridgehead atoms. The summed E-state index contributed by atoms with van der Waals surface area (Å²) in [5.41, 5.74) is 0. The fraction of sp³-hybridized carbons (Fsp3) is 0. The van der Waals surface area contributed by atoms with Gasteiger partial charge >= 0.3 is 8.25 Å². The molecule has 0 saturated heterocycles. The molecule has 0 unspecified atom stereocenters. The van der Waals surface area contributed by atoms with E-state index in [2.05, 4.69) is 0 Å². The smallest absolute Gasteiger partial charge is 0.418 e. The number of benzene rings is 2. The molecule has 0 spiro atoms. The normalized spacial score (nSPS) is 9.47. The fourth-order valence-electron chi connectivity index (χ4n) is 1.19. The first kappa shape index (κ1) is 14.0. The first-order valence-electron chi connectivity index (χ1n) is 4.84. The molecule has 0 aliphatic heterocycles. The number of hydrogen-bond donors (Lipinski definition) is 0. The van der Waals surface area contributed by atoms with E-state index in [1.807, 2.05) is 36.4 Å². The second kappa shape index (κ2) is 7.34. The fourth-order valence-corrected chi connectivity index (χ4v) is 1.89.